The van der Waals surface area contributed by atoms with Crippen molar-refractivity contribution in [2.45, 2.75) is 27.2 Å². The number of aromatic hydroxyl groups is 1. The molecule has 180 valence electrons. The van der Waals surface area contributed by atoms with Crippen LogP contribution >= 0.6 is 22.7 Å². The first kappa shape index (κ1) is 23.1. The van der Waals surface area contributed by atoms with Gasteiger partial charge in [0, 0.05) is 22.2 Å². The van der Waals surface area contributed by atoms with E-state index >= 15 is 0 Å². The molecular formula is C23H21FN6O3S2. The van der Waals surface area contributed by atoms with E-state index < -0.39 is 6.08 Å². The molecule has 0 saturated heterocycles. The van der Waals surface area contributed by atoms with E-state index in [1.807, 2.05) is 13.8 Å². The number of halogens is 1. The summed E-state index contributed by atoms with van der Waals surface area (Å²) >= 11 is 2.97. The van der Waals surface area contributed by atoms with Gasteiger partial charge in [-0.05, 0) is 55.8 Å². The number of aromatic nitrogens is 5. The summed E-state index contributed by atoms with van der Waals surface area (Å²) in [6.07, 6.45) is 1.66. The number of aryl methyl sites for hydroxylation is 2. The Hall–Kier alpha value is -3.64. The van der Waals surface area contributed by atoms with Gasteiger partial charge in [0.05, 0.1) is 6.61 Å². The third-order valence-electron chi connectivity index (χ3n) is 5.31. The van der Waals surface area contributed by atoms with Gasteiger partial charge in [-0.1, -0.05) is 5.16 Å². The maximum absolute atomic E-state index is 14.0. The lowest BCUT2D eigenvalue weighted by molar-refractivity contribution is 0.267. The van der Waals surface area contributed by atoms with Crippen LogP contribution in [0.4, 0.5) is 10.2 Å². The van der Waals surface area contributed by atoms with Crippen molar-refractivity contribution in [3.05, 3.63) is 46.3 Å². The minimum atomic E-state index is -0.530. The molecule has 0 fully saturated rings. The lowest BCUT2D eigenvalue weighted by Crippen LogP contribution is -2.07. The Labute approximate surface area is 207 Å². The lowest BCUT2D eigenvalue weighted by Gasteiger charge is -2.07. The summed E-state index contributed by atoms with van der Waals surface area (Å²) in [5.41, 5.74) is 2.70. The molecule has 4 aromatic heterocycles. The largest absolute Gasteiger partial charge is 0.477 e. The van der Waals surface area contributed by atoms with Crippen molar-refractivity contribution >= 4 is 38.6 Å². The zero-order valence-corrected chi connectivity index (χ0v) is 20.8. The second-order valence-corrected chi connectivity index (χ2v) is 9.91. The second-order valence-electron chi connectivity index (χ2n) is 7.69. The molecule has 12 heteroatoms. The quantitative estimate of drug-likeness (QED) is 0.282. The van der Waals surface area contributed by atoms with Crippen molar-refractivity contribution in [1.82, 2.24) is 25.1 Å². The van der Waals surface area contributed by atoms with E-state index in [-0.39, 0.29) is 11.6 Å². The van der Waals surface area contributed by atoms with Gasteiger partial charge in [0.15, 0.2) is 0 Å². The molecule has 0 aliphatic rings. The molecule has 5 aromatic rings. The van der Waals surface area contributed by atoms with Crippen LogP contribution in [0.1, 0.15) is 22.9 Å². The number of fused-ring (bicyclic) bond motifs is 1. The molecule has 1 aromatic carbocycles. The van der Waals surface area contributed by atoms with Crippen LogP contribution in [-0.2, 0) is 6.42 Å². The maximum Gasteiger partial charge on any atom is 0.415 e. The molecule has 35 heavy (non-hydrogen) atoms. The van der Waals surface area contributed by atoms with E-state index in [1.54, 1.807) is 29.5 Å². The highest BCUT2D eigenvalue weighted by Crippen LogP contribution is 2.39. The molecule has 5 rings (SSSR count). The summed E-state index contributed by atoms with van der Waals surface area (Å²) in [6.45, 7) is 6.87. The normalized spacial score (nSPS) is 11.3. The van der Waals surface area contributed by atoms with Crippen molar-refractivity contribution < 1.29 is 18.8 Å². The highest BCUT2D eigenvalue weighted by molar-refractivity contribution is 7.19. The number of anilines is 1. The molecule has 9 nitrogen and oxygen atoms in total. The molecule has 4 heterocycles. The molecule has 0 aliphatic carbocycles. The molecule has 0 atom stereocenters. The standard InChI is InChI=1S/C23H21FN6O3S2/c1-4-32-21-19(20-28-23(31)33-30-20)35-22(29-21)16-9-17(27-10-26-16)25-6-5-14-12(3)34-18-11(2)7-13(24)8-15(14)18/h7-10H,4-6H2,1-3H3,(H,25,26,27)(H,28,30,31). The Balaban J connectivity index is 1.35. The van der Waals surface area contributed by atoms with Gasteiger partial charge in [0.1, 0.15) is 33.5 Å². The van der Waals surface area contributed by atoms with Crippen LogP contribution in [-0.4, -0.2) is 43.4 Å². The summed E-state index contributed by atoms with van der Waals surface area (Å²) in [4.78, 5) is 18.7. The van der Waals surface area contributed by atoms with Crippen molar-refractivity contribution in [3.63, 3.8) is 0 Å². The van der Waals surface area contributed by atoms with Crippen LogP contribution in [0.15, 0.2) is 29.0 Å². The van der Waals surface area contributed by atoms with Crippen LogP contribution in [0.5, 0.6) is 12.0 Å². The molecular weight excluding hydrogens is 491 g/mol. The molecule has 0 amide bonds. The van der Waals surface area contributed by atoms with Crippen molar-refractivity contribution in [2.75, 3.05) is 18.5 Å². The Bertz CT molecular complexity index is 1510. The molecule has 2 N–H and O–H groups in total. The zero-order chi connectivity index (χ0) is 24.5. The van der Waals surface area contributed by atoms with Gasteiger partial charge in [-0.15, -0.1) is 22.7 Å². The first-order valence-electron chi connectivity index (χ1n) is 10.8. The summed E-state index contributed by atoms with van der Waals surface area (Å²) in [5.74, 6) is 0.949. The van der Waals surface area contributed by atoms with Gasteiger partial charge in [-0.25, -0.2) is 14.4 Å². The SMILES string of the molecule is CCOc1nc(-c2cc(NCCc3c(C)sc4c(C)cc(F)cc34)ncn2)sc1-c1noc(O)n1. The number of hydrogen-bond acceptors (Lipinski definition) is 11. The summed E-state index contributed by atoms with van der Waals surface area (Å²) in [6, 6.07) is 4.99. The smallest absolute Gasteiger partial charge is 0.415 e. The molecule has 0 spiro atoms. The number of ether oxygens (including phenoxy) is 1. The van der Waals surface area contributed by atoms with Gasteiger partial charge in [-0.3, -0.25) is 4.52 Å². The molecule has 0 unspecified atom stereocenters. The molecule has 0 bridgehead atoms. The van der Waals surface area contributed by atoms with Gasteiger partial charge < -0.3 is 15.2 Å². The van der Waals surface area contributed by atoms with Crippen molar-refractivity contribution in [3.8, 4) is 33.4 Å². The third kappa shape index (κ3) is 4.66. The van der Waals surface area contributed by atoms with Crippen LogP contribution in [0.2, 0.25) is 0 Å². The Morgan fingerprint density at radius 1 is 1.14 bits per heavy atom. The second kappa shape index (κ2) is 9.55. The average molecular weight is 513 g/mol. The Morgan fingerprint density at radius 2 is 2.00 bits per heavy atom. The Kier molecular flexibility index (Phi) is 6.31. The van der Waals surface area contributed by atoms with Crippen molar-refractivity contribution in [2.24, 2.45) is 0 Å². The first-order chi connectivity index (χ1) is 16.9. The fourth-order valence-corrected chi connectivity index (χ4v) is 5.85. The number of nitrogens with one attached hydrogen (secondary N) is 1. The Morgan fingerprint density at radius 3 is 2.77 bits per heavy atom. The minimum absolute atomic E-state index is 0.187. The number of thiophene rings is 1. The van der Waals surface area contributed by atoms with Gasteiger partial charge in [0.2, 0.25) is 11.7 Å². The highest BCUT2D eigenvalue weighted by atomic mass is 32.1. The summed E-state index contributed by atoms with van der Waals surface area (Å²) < 4.78 is 25.4. The molecule has 0 saturated carbocycles. The lowest BCUT2D eigenvalue weighted by atomic mass is 10.1. The topological polar surface area (TPSA) is 119 Å². The average Bonchev–Trinajstić information content (AvgIpc) is 3.52. The maximum atomic E-state index is 14.0. The van der Waals surface area contributed by atoms with Gasteiger partial charge >= 0.3 is 6.08 Å². The minimum Gasteiger partial charge on any atom is -0.477 e. The fourth-order valence-electron chi connectivity index (χ4n) is 3.79. The number of hydrogen-bond donors (Lipinski definition) is 2. The van der Waals surface area contributed by atoms with Gasteiger partial charge in [-0.2, -0.15) is 9.97 Å². The van der Waals surface area contributed by atoms with E-state index in [2.05, 4.69) is 41.9 Å². The van der Waals surface area contributed by atoms with E-state index in [0.717, 1.165) is 27.6 Å². The summed E-state index contributed by atoms with van der Waals surface area (Å²) in [7, 11) is 0. The zero-order valence-electron chi connectivity index (χ0n) is 19.1. The van der Waals surface area contributed by atoms with Gasteiger partial charge in [0.25, 0.3) is 0 Å². The van der Waals surface area contributed by atoms with Crippen LogP contribution in [0, 0.1) is 19.7 Å². The number of thiazole rings is 1. The number of nitrogens with zero attached hydrogens (tertiary/aromatic N) is 5. The van der Waals surface area contributed by atoms with E-state index in [9.17, 15) is 9.50 Å². The predicted octanol–water partition coefficient (Wildman–Crippen LogP) is 5.38. The number of rotatable bonds is 8. The summed E-state index contributed by atoms with van der Waals surface area (Å²) in [5, 5.41) is 18.0. The molecule has 0 aliphatic heterocycles. The first-order valence-corrected chi connectivity index (χ1v) is 12.5. The molecule has 0 radical (unpaired) electrons. The third-order valence-corrected chi connectivity index (χ3v) is 7.66. The monoisotopic (exact) mass is 512 g/mol. The van der Waals surface area contributed by atoms with Crippen LogP contribution in [0.3, 0.4) is 0 Å². The highest BCUT2D eigenvalue weighted by Gasteiger charge is 2.21. The van der Waals surface area contributed by atoms with Crippen LogP contribution < -0.4 is 10.1 Å². The fraction of sp³-hybridized carbons (Fsp3) is 0.261. The number of benzene rings is 1. The van der Waals surface area contributed by atoms with E-state index in [1.165, 1.54) is 22.5 Å². The predicted molar refractivity (Wildman–Crippen MR) is 133 cm³/mol. The van der Waals surface area contributed by atoms with E-state index in [0.29, 0.717) is 40.4 Å². The van der Waals surface area contributed by atoms with E-state index in [4.69, 9.17) is 4.74 Å². The van der Waals surface area contributed by atoms with Crippen molar-refractivity contribution in [1.29, 1.82) is 0 Å². The van der Waals surface area contributed by atoms with Crippen LogP contribution in [0.25, 0.3) is 31.5 Å².